The minimum Gasteiger partial charge on any atom is -0.442 e. The molecule has 1 aliphatic rings. The van der Waals surface area contributed by atoms with Crippen molar-refractivity contribution in [3.8, 4) is 0 Å². The minimum atomic E-state index is -3.91. The van der Waals surface area contributed by atoms with Crippen molar-refractivity contribution in [2.75, 3.05) is 5.75 Å². The van der Waals surface area contributed by atoms with Crippen LogP contribution in [0.4, 0.5) is 0 Å². The van der Waals surface area contributed by atoms with E-state index in [-0.39, 0.29) is 11.2 Å². The van der Waals surface area contributed by atoms with Gasteiger partial charge in [0.1, 0.15) is 5.76 Å². The van der Waals surface area contributed by atoms with Gasteiger partial charge in [0.05, 0.1) is 11.4 Å². The van der Waals surface area contributed by atoms with Gasteiger partial charge in [-0.15, -0.1) is 0 Å². The number of oxazole rings is 1. The fraction of sp³-hybridized carbons (Fsp3) is 0.688. The van der Waals surface area contributed by atoms with Crippen LogP contribution in [-0.4, -0.2) is 23.7 Å². The van der Waals surface area contributed by atoms with Gasteiger partial charge in [0.2, 0.25) is 5.89 Å². The summed E-state index contributed by atoms with van der Waals surface area (Å²) in [5.74, 6) is 1.04. The summed E-state index contributed by atoms with van der Waals surface area (Å²) in [6, 6.07) is 0. The van der Waals surface area contributed by atoms with Crippen LogP contribution in [-0.2, 0) is 16.5 Å². The summed E-state index contributed by atoms with van der Waals surface area (Å²) in [7, 11) is -3.91. The van der Waals surface area contributed by atoms with Gasteiger partial charge in [-0.05, 0) is 44.1 Å². The van der Waals surface area contributed by atoms with Crippen LogP contribution in [0.5, 0.6) is 0 Å². The number of hydrogen-bond acceptors (Lipinski definition) is 4. The summed E-state index contributed by atoms with van der Waals surface area (Å²) in [6.45, 7) is 4.10. The van der Waals surface area contributed by atoms with Crippen LogP contribution in [0.1, 0.15) is 62.8 Å². The standard InChI is InChI=1S/C16H25NO4S/c1-13-14(7-6-12-22(18,19)20)17-15(21-13)8-11-16(2)9-4-3-5-10-16/h8,11H,3-7,9-10,12H2,1-2H3,(H,18,19,20). The number of allylic oxidation sites excluding steroid dienone is 1. The quantitative estimate of drug-likeness (QED) is 0.804. The lowest BCUT2D eigenvalue weighted by atomic mass is 9.75. The lowest BCUT2D eigenvalue weighted by Crippen LogP contribution is -2.16. The third kappa shape index (κ3) is 5.25. The van der Waals surface area contributed by atoms with Gasteiger partial charge >= 0.3 is 0 Å². The molecule has 0 bridgehead atoms. The molecule has 0 aliphatic heterocycles. The molecule has 22 heavy (non-hydrogen) atoms. The maximum atomic E-state index is 10.7. The van der Waals surface area contributed by atoms with E-state index < -0.39 is 10.1 Å². The Balaban J connectivity index is 1.97. The lowest BCUT2D eigenvalue weighted by molar-refractivity contribution is 0.287. The summed E-state index contributed by atoms with van der Waals surface area (Å²) in [5.41, 5.74) is 0.989. The summed E-state index contributed by atoms with van der Waals surface area (Å²) >= 11 is 0. The normalized spacial score (nSPS) is 18.9. The number of hydrogen-bond donors (Lipinski definition) is 1. The number of rotatable bonds is 6. The van der Waals surface area contributed by atoms with Crippen LogP contribution in [0.3, 0.4) is 0 Å². The fourth-order valence-corrected chi connectivity index (χ4v) is 3.48. The average Bonchev–Trinajstić information content (AvgIpc) is 2.77. The lowest BCUT2D eigenvalue weighted by Gasteiger charge is -2.30. The highest BCUT2D eigenvalue weighted by atomic mass is 32.2. The second kappa shape index (κ2) is 6.96. The van der Waals surface area contributed by atoms with Gasteiger partial charge in [0.25, 0.3) is 10.1 Å². The van der Waals surface area contributed by atoms with Gasteiger partial charge in [-0.2, -0.15) is 8.42 Å². The molecule has 1 heterocycles. The van der Waals surface area contributed by atoms with Gasteiger partial charge < -0.3 is 4.42 Å². The monoisotopic (exact) mass is 327 g/mol. The van der Waals surface area contributed by atoms with E-state index in [4.69, 9.17) is 8.97 Å². The highest BCUT2D eigenvalue weighted by Crippen LogP contribution is 2.37. The zero-order valence-corrected chi connectivity index (χ0v) is 14.2. The molecular weight excluding hydrogens is 302 g/mol. The first-order chi connectivity index (χ1) is 10.3. The van der Waals surface area contributed by atoms with Crippen molar-refractivity contribution in [2.24, 2.45) is 5.41 Å². The predicted molar refractivity (Wildman–Crippen MR) is 86.2 cm³/mol. The van der Waals surface area contributed by atoms with Crippen molar-refractivity contribution in [2.45, 2.75) is 58.8 Å². The molecule has 0 atom stereocenters. The summed E-state index contributed by atoms with van der Waals surface area (Å²) in [4.78, 5) is 4.41. The van der Waals surface area contributed by atoms with Gasteiger partial charge in [-0.25, -0.2) is 4.98 Å². The SMILES string of the molecule is Cc1oc(C=CC2(C)CCCCC2)nc1CCCS(=O)(=O)O. The van der Waals surface area contributed by atoms with Crippen molar-refractivity contribution in [3.05, 3.63) is 23.4 Å². The Hall–Kier alpha value is -1.14. The van der Waals surface area contributed by atoms with Gasteiger partial charge in [0.15, 0.2) is 0 Å². The van der Waals surface area contributed by atoms with Crippen molar-refractivity contribution in [3.63, 3.8) is 0 Å². The summed E-state index contributed by atoms with van der Waals surface area (Å²) in [5, 5.41) is 0. The molecule has 1 fully saturated rings. The second-order valence-corrected chi connectivity index (χ2v) is 8.06. The van der Waals surface area contributed by atoms with Crippen LogP contribution in [0.25, 0.3) is 6.08 Å². The highest BCUT2D eigenvalue weighted by Gasteiger charge is 2.23. The largest absolute Gasteiger partial charge is 0.442 e. The first kappa shape index (κ1) is 17.2. The van der Waals surface area contributed by atoms with Crippen molar-refractivity contribution >= 4 is 16.2 Å². The second-order valence-electron chi connectivity index (χ2n) is 6.49. The summed E-state index contributed by atoms with van der Waals surface area (Å²) in [6.07, 6.45) is 11.2. The predicted octanol–water partition coefficient (Wildman–Crippen LogP) is 3.79. The van der Waals surface area contributed by atoms with Crippen LogP contribution in [0, 0.1) is 12.3 Å². The Morgan fingerprint density at radius 2 is 2.00 bits per heavy atom. The molecule has 5 nitrogen and oxygen atoms in total. The van der Waals surface area contributed by atoms with Crippen molar-refractivity contribution in [1.29, 1.82) is 0 Å². The van der Waals surface area contributed by atoms with E-state index in [0.29, 0.717) is 24.5 Å². The fourth-order valence-electron chi connectivity index (χ4n) is 2.97. The van der Waals surface area contributed by atoms with Gasteiger partial charge in [-0.1, -0.05) is 32.3 Å². The maximum absolute atomic E-state index is 10.7. The molecule has 1 aliphatic carbocycles. The van der Waals surface area contributed by atoms with E-state index in [1.165, 1.54) is 32.1 Å². The number of aromatic nitrogens is 1. The van der Waals surface area contributed by atoms with Crippen LogP contribution in [0.2, 0.25) is 0 Å². The molecule has 1 saturated carbocycles. The van der Waals surface area contributed by atoms with Crippen LogP contribution >= 0.6 is 0 Å². The topological polar surface area (TPSA) is 80.4 Å². The van der Waals surface area contributed by atoms with E-state index in [9.17, 15) is 8.42 Å². The zero-order valence-electron chi connectivity index (χ0n) is 13.3. The first-order valence-corrected chi connectivity index (χ1v) is 9.49. The highest BCUT2D eigenvalue weighted by molar-refractivity contribution is 7.85. The molecule has 1 aromatic rings. The van der Waals surface area contributed by atoms with Gasteiger partial charge in [-0.3, -0.25) is 4.55 Å². The van der Waals surface area contributed by atoms with E-state index in [2.05, 4.69) is 18.0 Å². The van der Waals surface area contributed by atoms with E-state index >= 15 is 0 Å². The Bertz CT molecular complexity index is 625. The molecule has 0 unspecified atom stereocenters. The number of nitrogens with zero attached hydrogens (tertiary/aromatic N) is 1. The summed E-state index contributed by atoms with van der Waals surface area (Å²) < 4.78 is 35.8. The molecule has 1 aromatic heterocycles. The number of aryl methyl sites for hydroxylation is 2. The van der Waals surface area contributed by atoms with E-state index in [1.807, 2.05) is 13.0 Å². The molecule has 0 aromatic carbocycles. The Morgan fingerprint density at radius 3 is 2.64 bits per heavy atom. The Morgan fingerprint density at radius 1 is 1.32 bits per heavy atom. The molecule has 1 N–H and O–H groups in total. The zero-order chi connectivity index (χ0) is 16.2. The average molecular weight is 327 g/mol. The van der Waals surface area contributed by atoms with Crippen molar-refractivity contribution < 1.29 is 17.4 Å². The molecule has 124 valence electrons. The van der Waals surface area contributed by atoms with Crippen LogP contribution < -0.4 is 0 Å². The minimum absolute atomic E-state index is 0.228. The molecule has 6 heteroatoms. The third-order valence-corrected chi connectivity index (χ3v) is 5.15. The van der Waals surface area contributed by atoms with Crippen LogP contribution in [0.15, 0.2) is 10.5 Å². The molecule has 0 saturated heterocycles. The first-order valence-electron chi connectivity index (χ1n) is 7.88. The van der Waals surface area contributed by atoms with Gasteiger partial charge in [0, 0.05) is 0 Å². The molecule has 2 rings (SSSR count). The van der Waals surface area contributed by atoms with Crippen molar-refractivity contribution in [1.82, 2.24) is 4.98 Å². The van der Waals surface area contributed by atoms with E-state index in [0.717, 1.165) is 5.69 Å². The maximum Gasteiger partial charge on any atom is 0.264 e. The Kier molecular flexibility index (Phi) is 5.45. The molecule has 0 radical (unpaired) electrons. The van der Waals surface area contributed by atoms with E-state index in [1.54, 1.807) is 0 Å². The Labute approximate surface area is 132 Å². The third-order valence-electron chi connectivity index (χ3n) is 4.35. The molecular formula is C16H25NO4S. The molecule has 0 amide bonds. The molecule has 0 spiro atoms. The smallest absolute Gasteiger partial charge is 0.264 e.